The van der Waals surface area contributed by atoms with Crippen LogP contribution in [-0.2, 0) is 25.9 Å². The van der Waals surface area contributed by atoms with Crippen LogP contribution in [0.1, 0.15) is 18.9 Å². The number of ether oxygens (including phenoxy) is 1. The van der Waals surface area contributed by atoms with Crippen molar-refractivity contribution in [2.24, 2.45) is 0 Å². The Balaban J connectivity index is 3.04. The van der Waals surface area contributed by atoms with E-state index in [1.807, 2.05) is 0 Å². The van der Waals surface area contributed by atoms with Crippen LogP contribution in [0.5, 0.6) is 0 Å². The minimum absolute atomic E-state index is 0.0248. The molecule has 6 nitrogen and oxygen atoms in total. The molecule has 1 aromatic heterocycles. The van der Waals surface area contributed by atoms with Gasteiger partial charge in [0.2, 0.25) is 0 Å². The van der Waals surface area contributed by atoms with Gasteiger partial charge in [-0.1, -0.05) is 0 Å². The van der Waals surface area contributed by atoms with Crippen molar-refractivity contribution < 1.29 is 17.9 Å². The standard InChI is InChI=1S/C14H21NO5S/c1-11-5-7-15(13(17)9-11)8-6-14(2,21(4,18)19)12(16)10-20-3/h5,7,9H,6,8,10H2,1-4H3. The van der Waals surface area contributed by atoms with E-state index in [0.717, 1.165) is 11.8 Å². The average Bonchev–Trinajstić information content (AvgIpc) is 2.36. The second-order valence-electron chi connectivity index (χ2n) is 5.34. The van der Waals surface area contributed by atoms with E-state index in [1.54, 1.807) is 19.2 Å². The van der Waals surface area contributed by atoms with E-state index in [9.17, 15) is 18.0 Å². The van der Waals surface area contributed by atoms with Gasteiger partial charge in [0.05, 0.1) is 0 Å². The number of nitrogens with zero attached hydrogens (tertiary/aromatic N) is 1. The molecule has 0 aliphatic carbocycles. The number of rotatable bonds is 7. The van der Waals surface area contributed by atoms with Crippen molar-refractivity contribution in [3.8, 4) is 0 Å². The molecule has 0 radical (unpaired) electrons. The van der Waals surface area contributed by atoms with E-state index in [0.29, 0.717) is 0 Å². The van der Waals surface area contributed by atoms with Crippen LogP contribution < -0.4 is 5.56 Å². The summed E-state index contributed by atoms with van der Waals surface area (Å²) in [5.41, 5.74) is 0.614. The highest BCUT2D eigenvalue weighted by atomic mass is 32.2. The van der Waals surface area contributed by atoms with Gasteiger partial charge in [-0.3, -0.25) is 9.59 Å². The third-order valence-corrected chi connectivity index (χ3v) is 5.73. The van der Waals surface area contributed by atoms with Crippen LogP contribution in [0.3, 0.4) is 0 Å². The molecule has 7 heteroatoms. The lowest BCUT2D eigenvalue weighted by atomic mass is 10.0. The molecule has 1 unspecified atom stereocenters. The van der Waals surface area contributed by atoms with Gasteiger partial charge in [0.1, 0.15) is 11.4 Å². The smallest absolute Gasteiger partial charge is 0.250 e. The van der Waals surface area contributed by atoms with E-state index in [1.165, 1.54) is 24.7 Å². The number of methoxy groups -OCH3 is 1. The minimum atomic E-state index is -3.62. The van der Waals surface area contributed by atoms with Crippen LogP contribution in [-0.4, -0.2) is 43.5 Å². The molecule has 118 valence electrons. The molecule has 0 aliphatic heterocycles. The predicted molar refractivity (Wildman–Crippen MR) is 80.2 cm³/mol. The fourth-order valence-electron chi connectivity index (χ4n) is 1.94. The number of Topliss-reactive ketones (excluding diaryl/α,β-unsaturated/α-hetero) is 1. The van der Waals surface area contributed by atoms with Crippen molar-refractivity contribution in [3.63, 3.8) is 0 Å². The highest BCUT2D eigenvalue weighted by Gasteiger charge is 2.42. The van der Waals surface area contributed by atoms with Gasteiger partial charge in [0.25, 0.3) is 5.56 Å². The summed E-state index contributed by atoms with van der Waals surface area (Å²) >= 11 is 0. The summed E-state index contributed by atoms with van der Waals surface area (Å²) in [6.07, 6.45) is 2.65. The number of hydrogen-bond acceptors (Lipinski definition) is 5. The minimum Gasteiger partial charge on any atom is -0.377 e. The molecule has 0 amide bonds. The first-order valence-corrected chi connectivity index (χ1v) is 8.40. The Bertz CT molecular complexity index is 677. The Kier molecular flexibility index (Phi) is 5.47. The van der Waals surface area contributed by atoms with Gasteiger partial charge in [-0.05, 0) is 31.9 Å². The molecule has 1 atom stereocenters. The fourth-order valence-corrected chi connectivity index (χ4v) is 2.88. The lowest BCUT2D eigenvalue weighted by Crippen LogP contribution is -2.46. The van der Waals surface area contributed by atoms with Gasteiger partial charge in [0.15, 0.2) is 15.6 Å². The summed E-state index contributed by atoms with van der Waals surface area (Å²) in [6, 6.07) is 3.23. The number of hydrogen-bond donors (Lipinski definition) is 0. The summed E-state index contributed by atoms with van der Waals surface area (Å²) in [7, 11) is -2.28. The van der Waals surface area contributed by atoms with E-state index >= 15 is 0 Å². The molecule has 0 N–H and O–H groups in total. The van der Waals surface area contributed by atoms with Crippen molar-refractivity contribution in [2.45, 2.75) is 31.6 Å². The number of carbonyl (C=O) groups is 1. The number of ketones is 1. The lowest BCUT2D eigenvalue weighted by molar-refractivity contribution is -0.125. The number of carbonyl (C=O) groups excluding carboxylic acids is 1. The average molecular weight is 315 g/mol. The van der Waals surface area contributed by atoms with Crippen LogP contribution in [0, 0.1) is 6.92 Å². The molecule has 1 rings (SSSR count). The van der Waals surface area contributed by atoms with Gasteiger partial charge < -0.3 is 9.30 Å². The third-order valence-electron chi connectivity index (χ3n) is 3.67. The number of sulfone groups is 1. The third kappa shape index (κ3) is 4.01. The van der Waals surface area contributed by atoms with Crippen LogP contribution in [0.4, 0.5) is 0 Å². The highest BCUT2D eigenvalue weighted by Crippen LogP contribution is 2.23. The molecule has 0 aliphatic rings. The topological polar surface area (TPSA) is 82.4 Å². The normalized spacial score (nSPS) is 14.7. The molecule has 0 saturated carbocycles. The van der Waals surface area contributed by atoms with Crippen molar-refractivity contribution >= 4 is 15.6 Å². The highest BCUT2D eigenvalue weighted by molar-refractivity contribution is 7.92. The van der Waals surface area contributed by atoms with Crippen LogP contribution in [0.25, 0.3) is 0 Å². The molecule has 0 bridgehead atoms. The maximum atomic E-state index is 12.1. The van der Waals surface area contributed by atoms with Gasteiger partial charge in [-0.15, -0.1) is 0 Å². The molecular weight excluding hydrogens is 294 g/mol. The van der Waals surface area contributed by atoms with E-state index in [4.69, 9.17) is 4.74 Å². The number of aryl methyl sites for hydroxylation is 2. The summed E-state index contributed by atoms with van der Waals surface area (Å²) < 4.78 is 28.5. The molecule has 1 heterocycles. The second-order valence-corrected chi connectivity index (χ2v) is 7.79. The van der Waals surface area contributed by atoms with Crippen molar-refractivity contribution in [1.29, 1.82) is 0 Å². The fraction of sp³-hybridized carbons (Fsp3) is 0.571. The van der Waals surface area contributed by atoms with E-state index in [2.05, 4.69) is 0 Å². The summed E-state index contributed by atoms with van der Waals surface area (Å²) in [4.78, 5) is 23.9. The molecule has 0 fully saturated rings. The Morgan fingerprint density at radius 1 is 1.43 bits per heavy atom. The first-order chi connectivity index (χ1) is 9.61. The zero-order chi connectivity index (χ0) is 16.3. The molecule has 1 aromatic rings. The SMILES string of the molecule is COCC(=O)C(C)(CCn1ccc(C)cc1=O)S(C)(=O)=O. The molecule has 0 saturated heterocycles. The predicted octanol–water partition coefficient (Wildman–Crippen LogP) is 0.566. The van der Waals surface area contributed by atoms with Crippen molar-refractivity contribution in [1.82, 2.24) is 4.57 Å². The number of pyridine rings is 1. The van der Waals surface area contributed by atoms with E-state index in [-0.39, 0.29) is 25.1 Å². The second kappa shape index (κ2) is 6.53. The first kappa shape index (κ1) is 17.6. The Morgan fingerprint density at radius 2 is 2.05 bits per heavy atom. The number of aromatic nitrogens is 1. The Labute approximate surface area is 124 Å². The molecule has 0 aromatic carbocycles. The van der Waals surface area contributed by atoms with Gasteiger partial charge in [-0.2, -0.15) is 0 Å². The molecule has 21 heavy (non-hydrogen) atoms. The maximum absolute atomic E-state index is 12.1. The monoisotopic (exact) mass is 315 g/mol. The zero-order valence-corrected chi connectivity index (χ0v) is 13.6. The summed E-state index contributed by atoms with van der Waals surface area (Å²) in [5.74, 6) is -0.507. The van der Waals surface area contributed by atoms with Gasteiger partial charge >= 0.3 is 0 Å². The lowest BCUT2D eigenvalue weighted by Gasteiger charge is -2.26. The zero-order valence-electron chi connectivity index (χ0n) is 12.8. The van der Waals surface area contributed by atoms with Gasteiger partial charge in [0, 0.05) is 32.2 Å². The largest absolute Gasteiger partial charge is 0.377 e. The maximum Gasteiger partial charge on any atom is 0.250 e. The summed E-state index contributed by atoms with van der Waals surface area (Å²) in [5, 5.41) is 0. The first-order valence-electron chi connectivity index (χ1n) is 6.51. The van der Waals surface area contributed by atoms with E-state index < -0.39 is 20.4 Å². The van der Waals surface area contributed by atoms with Crippen molar-refractivity contribution in [2.75, 3.05) is 20.0 Å². The quantitative estimate of drug-likeness (QED) is 0.734. The molecule has 0 spiro atoms. The van der Waals surface area contributed by atoms with Crippen LogP contribution >= 0.6 is 0 Å². The Hall–Kier alpha value is -1.47. The Morgan fingerprint density at radius 3 is 2.52 bits per heavy atom. The molecular formula is C14H21NO5S. The van der Waals surface area contributed by atoms with Gasteiger partial charge in [-0.25, -0.2) is 8.42 Å². The van der Waals surface area contributed by atoms with Crippen LogP contribution in [0.15, 0.2) is 23.1 Å². The van der Waals surface area contributed by atoms with Crippen molar-refractivity contribution in [3.05, 3.63) is 34.2 Å². The summed E-state index contributed by atoms with van der Waals surface area (Å²) in [6.45, 7) is 3.06. The van der Waals surface area contributed by atoms with Crippen LogP contribution in [0.2, 0.25) is 0 Å².